The fraction of sp³-hybridized carbons (Fsp3) is 0. The normalized spacial score (nSPS) is 10.0. The minimum atomic E-state index is 0.873. The molecule has 3 heteroatoms. The van der Waals surface area contributed by atoms with Gasteiger partial charge in [-0.2, -0.15) is 0 Å². The van der Waals surface area contributed by atoms with E-state index >= 15 is 0 Å². The number of hydrogen-bond acceptors (Lipinski definition) is 1. The van der Waals surface area contributed by atoms with E-state index < -0.39 is 0 Å². The predicted octanol–water partition coefficient (Wildman–Crippen LogP) is 2.48. The van der Waals surface area contributed by atoms with Gasteiger partial charge in [0.25, 0.3) is 0 Å². The summed E-state index contributed by atoms with van der Waals surface area (Å²) >= 11 is 0. The summed E-state index contributed by atoms with van der Waals surface area (Å²) in [4.78, 5) is 0. The van der Waals surface area contributed by atoms with Crippen molar-refractivity contribution >= 4 is 29.1 Å². The highest BCUT2D eigenvalue weighted by atomic mass is 31.0. The smallest absolute Gasteiger partial charge is 0.134 e. The zero-order valence-electron chi connectivity index (χ0n) is 8.18. The third-order valence-electron chi connectivity index (χ3n) is 2.06. The Labute approximate surface area is 94.3 Å². The van der Waals surface area contributed by atoms with Gasteiger partial charge >= 0.3 is 0 Å². The maximum atomic E-state index is 5.80. The van der Waals surface area contributed by atoms with Gasteiger partial charge in [0.2, 0.25) is 0 Å². The second kappa shape index (κ2) is 4.75. The molecule has 0 N–H and O–H groups in total. The van der Waals surface area contributed by atoms with E-state index in [-0.39, 0.29) is 0 Å². The molecule has 2 rings (SSSR count). The average Bonchev–Trinajstić information content (AvgIpc) is 2.24. The summed E-state index contributed by atoms with van der Waals surface area (Å²) in [5, 5.41) is 2.12. The van der Waals surface area contributed by atoms with E-state index in [1.54, 1.807) is 0 Å². The van der Waals surface area contributed by atoms with Crippen LogP contribution < -0.4 is 15.3 Å². The molecule has 0 saturated carbocycles. The lowest BCUT2D eigenvalue weighted by atomic mass is 10.3. The third-order valence-corrected chi connectivity index (χ3v) is 3.01. The minimum Gasteiger partial charge on any atom is -0.456 e. The van der Waals surface area contributed by atoms with Gasteiger partial charge < -0.3 is 4.74 Å². The van der Waals surface area contributed by atoms with E-state index in [4.69, 9.17) is 4.74 Å². The highest BCUT2D eigenvalue weighted by Crippen LogP contribution is 2.20. The average molecular weight is 234 g/mol. The molecule has 0 amide bonds. The molecule has 2 unspecified atom stereocenters. The van der Waals surface area contributed by atoms with Crippen LogP contribution in [0.25, 0.3) is 0 Å². The van der Waals surface area contributed by atoms with E-state index in [1.165, 1.54) is 0 Å². The Morgan fingerprint density at radius 2 is 1.07 bits per heavy atom. The van der Waals surface area contributed by atoms with Crippen LogP contribution in [0.3, 0.4) is 0 Å². The highest BCUT2D eigenvalue weighted by Gasteiger charge is 2.02. The van der Waals surface area contributed by atoms with Gasteiger partial charge in [-0.15, -0.1) is 18.5 Å². The highest BCUT2D eigenvalue weighted by molar-refractivity contribution is 7.28. The van der Waals surface area contributed by atoms with E-state index in [2.05, 4.69) is 18.5 Å². The molecule has 1 nitrogen and oxygen atoms in total. The van der Waals surface area contributed by atoms with Crippen LogP contribution in [0, 0.1) is 0 Å². The molecule has 0 aliphatic carbocycles. The molecule has 0 radical (unpaired) electrons. The maximum absolute atomic E-state index is 5.80. The molecule has 0 saturated heterocycles. The summed E-state index contributed by atoms with van der Waals surface area (Å²) in [6.07, 6.45) is 0. The quantitative estimate of drug-likeness (QED) is 0.725. The predicted molar refractivity (Wildman–Crippen MR) is 71.6 cm³/mol. The Kier molecular flexibility index (Phi) is 3.36. The molecule has 0 fully saturated rings. The van der Waals surface area contributed by atoms with Gasteiger partial charge in [0.05, 0.1) is 0 Å². The third kappa shape index (κ3) is 2.56. The first-order valence-electron chi connectivity index (χ1n) is 4.64. The fourth-order valence-electron chi connectivity index (χ4n) is 1.27. The largest absolute Gasteiger partial charge is 0.456 e. The van der Waals surface area contributed by atoms with Crippen LogP contribution in [-0.2, 0) is 0 Å². The van der Waals surface area contributed by atoms with Crippen molar-refractivity contribution in [3.63, 3.8) is 0 Å². The Hall–Kier alpha value is -0.900. The molecule has 0 spiro atoms. The van der Waals surface area contributed by atoms with Crippen LogP contribution in [0.1, 0.15) is 0 Å². The number of rotatable bonds is 2. The Bertz CT molecular complexity index is 425. The van der Waals surface area contributed by atoms with Crippen molar-refractivity contribution in [3.8, 4) is 11.5 Å². The van der Waals surface area contributed by atoms with Crippen molar-refractivity contribution in [1.29, 1.82) is 0 Å². The molecular formula is C12H12OP2. The lowest BCUT2D eigenvalue weighted by Gasteiger charge is -2.09. The van der Waals surface area contributed by atoms with Gasteiger partial charge in [0.15, 0.2) is 0 Å². The van der Waals surface area contributed by atoms with Gasteiger partial charge in [0, 0.05) is 10.6 Å². The van der Waals surface area contributed by atoms with Gasteiger partial charge in [-0.1, -0.05) is 36.4 Å². The SMILES string of the molecule is Pc1ccccc1Oc1ccccc1P. The zero-order chi connectivity index (χ0) is 10.7. The minimum absolute atomic E-state index is 0.873. The first-order valence-corrected chi connectivity index (χ1v) is 5.79. The lowest BCUT2D eigenvalue weighted by Crippen LogP contribution is -2.02. The van der Waals surface area contributed by atoms with Crippen LogP contribution in [0.4, 0.5) is 0 Å². The summed E-state index contributed by atoms with van der Waals surface area (Å²) in [6.45, 7) is 0. The monoisotopic (exact) mass is 234 g/mol. The van der Waals surface area contributed by atoms with Crippen LogP contribution >= 0.6 is 18.5 Å². The molecule has 15 heavy (non-hydrogen) atoms. The second-order valence-corrected chi connectivity index (χ2v) is 4.42. The molecule has 2 aromatic carbocycles. The van der Waals surface area contributed by atoms with Crippen LogP contribution in [-0.4, -0.2) is 0 Å². The second-order valence-electron chi connectivity index (χ2n) is 3.18. The van der Waals surface area contributed by atoms with Gasteiger partial charge in [-0.3, -0.25) is 0 Å². The van der Waals surface area contributed by atoms with Crippen LogP contribution in [0.2, 0.25) is 0 Å². The molecule has 2 aromatic rings. The summed E-state index contributed by atoms with van der Waals surface area (Å²) in [5.41, 5.74) is 0. The molecular weight excluding hydrogens is 222 g/mol. The Morgan fingerprint density at radius 1 is 0.667 bits per heavy atom. The van der Waals surface area contributed by atoms with Gasteiger partial charge in [-0.25, -0.2) is 0 Å². The van der Waals surface area contributed by atoms with E-state index in [0.29, 0.717) is 0 Å². The molecule has 0 heterocycles. The van der Waals surface area contributed by atoms with Crippen LogP contribution in [0.15, 0.2) is 48.5 Å². The van der Waals surface area contributed by atoms with Crippen molar-refractivity contribution in [2.45, 2.75) is 0 Å². The number of para-hydroxylation sites is 2. The van der Waals surface area contributed by atoms with Crippen molar-refractivity contribution < 1.29 is 4.74 Å². The molecule has 2 atom stereocenters. The molecule has 0 aliphatic heterocycles. The van der Waals surface area contributed by atoms with E-state index in [9.17, 15) is 0 Å². The van der Waals surface area contributed by atoms with Crippen molar-refractivity contribution in [3.05, 3.63) is 48.5 Å². The number of ether oxygens (including phenoxy) is 1. The summed E-state index contributed by atoms with van der Waals surface area (Å²) < 4.78 is 5.80. The van der Waals surface area contributed by atoms with Crippen LogP contribution in [0.5, 0.6) is 11.5 Å². The number of hydrogen-bond donors (Lipinski definition) is 0. The summed E-state index contributed by atoms with van der Waals surface area (Å²) in [6, 6.07) is 15.8. The standard InChI is InChI=1S/C12H12OP2/c14-11-7-3-1-5-9(11)13-10-6-2-4-8-12(10)15/h1-8H,14-15H2. The zero-order valence-corrected chi connectivity index (χ0v) is 10.5. The van der Waals surface area contributed by atoms with Crippen molar-refractivity contribution in [1.82, 2.24) is 0 Å². The summed E-state index contributed by atoms with van der Waals surface area (Å²) in [5.74, 6) is 1.75. The molecule has 76 valence electrons. The van der Waals surface area contributed by atoms with Crippen molar-refractivity contribution in [2.75, 3.05) is 0 Å². The van der Waals surface area contributed by atoms with E-state index in [0.717, 1.165) is 22.1 Å². The van der Waals surface area contributed by atoms with E-state index in [1.807, 2.05) is 48.5 Å². The lowest BCUT2D eigenvalue weighted by molar-refractivity contribution is 0.491. The first-order chi connectivity index (χ1) is 7.27. The molecule has 0 aromatic heterocycles. The van der Waals surface area contributed by atoms with Crippen molar-refractivity contribution in [2.24, 2.45) is 0 Å². The first kappa shape index (κ1) is 10.6. The fourth-order valence-corrected chi connectivity index (χ4v) is 1.80. The summed E-state index contributed by atoms with van der Waals surface area (Å²) in [7, 11) is 5.33. The van der Waals surface area contributed by atoms with Gasteiger partial charge in [0.1, 0.15) is 11.5 Å². The number of benzene rings is 2. The molecule has 0 aliphatic rings. The molecule has 0 bridgehead atoms. The Balaban J connectivity index is 2.30. The van der Waals surface area contributed by atoms with Gasteiger partial charge in [-0.05, 0) is 12.1 Å². The Morgan fingerprint density at radius 3 is 1.47 bits per heavy atom. The maximum Gasteiger partial charge on any atom is 0.134 e. The topological polar surface area (TPSA) is 9.23 Å².